The highest BCUT2D eigenvalue weighted by Crippen LogP contribution is 2.41. The van der Waals surface area contributed by atoms with Gasteiger partial charge >= 0.3 is 0 Å². The molecule has 4 atom stereocenters. The Labute approximate surface area is 126 Å². The van der Waals surface area contributed by atoms with Crippen molar-refractivity contribution in [3.63, 3.8) is 0 Å². The highest BCUT2D eigenvalue weighted by Gasteiger charge is 2.54. The number of nitrogen functional groups attached to an aromatic ring is 1. The van der Waals surface area contributed by atoms with Crippen molar-refractivity contribution in [1.29, 1.82) is 0 Å². The molecule has 3 heterocycles. The van der Waals surface area contributed by atoms with Gasteiger partial charge in [0.2, 0.25) is 0 Å². The van der Waals surface area contributed by atoms with E-state index >= 15 is 0 Å². The van der Waals surface area contributed by atoms with Gasteiger partial charge in [0.1, 0.15) is 11.6 Å². The van der Waals surface area contributed by atoms with Crippen LogP contribution in [-0.2, 0) is 4.74 Å². The summed E-state index contributed by atoms with van der Waals surface area (Å²) < 4.78 is 7.28. The minimum absolute atomic E-state index is 0.461. The normalized spacial score (nSPS) is 31.0. The fourth-order valence-corrected chi connectivity index (χ4v) is 2.64. The minimum atomic E-state index is -1.56. The summed E-state index contributed by atoms with van der Waals surface area (Å²) in [5.41, 5.74) is 5.72. The molecule has 2 aromatic heterocycles. The second-order valence-electron chi connectivity index (χ2n) is 5.06. The van der Waals surface area contributed by atoms with E-state index in [9.17, 15) is 10.2 Å². The Kier molecular flexibility index (Phi) is 3.27. The molecule has 0 unspecified atom stereocenters. The molecule has 1 aliphatic rings. The highest BCUT2D eigenvalue weighted by atomic mass is 16.6. The molecule has 0 aliphatic carbocycles. The van der Waals surface area contributed by atoms with Gasteiger partial charge in [-0.15, -0.1) is 12.8 Å². The van der Waals surface area contributed by atoms with Gasteiger partial charge in [-0.2, -0.15) is 0 Å². The molecule has 1 aliphatic heterocycles. The molecule has 0 saturated carbocycles. The molecule has 2 aromatic rings. The van der Waals surface area contributed by atoms with Gasteiger partial charge in [-0.05, 0) is 6.07 Å². The number of fused-ring (bicyclic) bond motifs is 1. The number of aromatic nitrogens is 3. The number of terminal acetylenes is 2. The van der Waals surface area contributed by atoms with Crippen LogP contribution in [0, 0.1) is 30.6 Å². The summed E-state index contributed by atoms with van der Waals surface area (Å²) in [4.78, 5) is 8.40. The van der Waals surface area contributed by atoms with Crippen LogP contribution in [0.1, 0.15) is 6.23 Å². The predicted molar refractivity (Wildman–Crippen MR) is 79.0 cm³/mol. The van der Waals surface area contributed by atoms with Crippen LogP contribution >= 0.6 is 0 Å². The van der Waals surface area contributed by atoms with Gasteiger partial charge in [-0.3, -0.25) is 4.57 Å². The first-order valence-electron chi connectivity index (χ1n) is 6.55. The number of pyridine rings is 1. The summed E-state index contributed by atoms with van der Waals surface area (Å²) in [6, 6.07) is 1.63. The van der Waals surface area contributed by atoms with Crippen molar-refractivity contribution in [2.24, 2.45) is 5.92 Å². The second-order valence-corrected chi connectivity index (χ2v) is 5.06. The molecule has 0 aromatic carbocycles. The SMILES string of the molecule is C#C[C@@H]1[C@H](n2cnc3c(N)ccnc32)O[C@](C#C)(CO)[C@H]1O. The van der Waals surface area contributed by atoms with Gasteiger partial charge in [0.25, 0.3) is 0 Å². The van der Waals surface area contributed by atoms with Gasteiger partial charge in [-0.25, -0.2) is 9.97 Å². The lowest BCUT2D eigenvalue weighted by Crippen LogP contribution is -2.43. The summed E-state index contributed by atoms with van der Waals surface area (Å²) in [6.07, 6.45) is 11.9. The molecule has 0 bridgehead atoms. The number of nitrogens with two attached hydrogens (primary N) is 1. The third-order valence-electron chi connectivity index (χ3n) is 3.89. The molecule has 3 rings (SSSR count). The van der Waals surface area contributed by atoms with Gasteiger partial charge in [0.05, 0.1) is 24.5 Å². The number of ether oxygens (including phenoxy) is 1. The van der Waals surface area contributed by atoms with Gasteiger partial charge in [0.15, 0.2) is 17.5 Å². The van der Waals surface area contributed by atoms with Crippen LogP contribution in [0.3, 0.4) is 0 Å². The number of hydrogen-bond donors (Lipinski definition) is 3. The Hall–Kier alpha value is -2.58. The number of rotatable bonds is 2. The zero-order valence-electron chi connectivity index (χ0n) is 11.5. The van der Waals surface area contributed by atoms with E-state index < -0.39 is 30.5 Å². The van der Waals surface area contributed by atoms with Crippen LogP contribution in [0.15, 0.2) is 18.6 Å². The second kappa shape index (κ2) is 5.00. The maximum Gasteiger partial charge on any atom is 0.180 e. The third-order valence-corrected chi connectivity index (χ3v) is 3.89. The van der Waals surface area contributed by atoms with Crippen molar-refractivity contribution in [2.75, 3.05) is 12.3 Å². The Morgan fingerprint density at radius 2 is 2.23 bits per heavy atom. The Bertz CT molecular complexity index is 803. The lowest BCUT2D eigenvalue weighted by atomic mass is 9.91. The molecular weight excluding hydrogens is 284 g/mol. The molecule has 0 amide bonds. The molecule has 0 spiro atoms. The van der Waals surface area contributed by atoms with Gasteiger partial charge in [-0.1, -0.05) is 11.8 Å². The summed E-state index contributed by atoms with van der Waals surface area (Å²) in [5, 5.41) is 19.9. The number of anilines is 1. The van der Waals surface area contributed by atoms with E-state index in [1.807, 2.05) is 0 Å². The molecule has 7 heteroatoms. The lowest BCUT2D eigenvalue weighted by Gasteiger charge is -2.23. The maximum absolute atomic E-state index is 10.3. The molecule has 7 nitrogen and oxygen atoms in total. The number of aliphatic hydroxyl groups is 2. The maximum atomic E-state index is 10.3. The lowest BCUT2D eigenvalue weighted by molar-refractivity contribution is -0.0894. The summed E-state index contributed by atoms with van der Waals surface area (Å²) in [6.45, 7) is -0.554. The molecular formula is C15H14N4O3. The summed E-state index contributed by atoms with van der Waals surface area (Å²) >= 11 is 0. The van der Waals surface area contributed by atoms with E-state index in [-0.39, 0.29) is 0 Å². The van der Waals surface area contributed by atoms with Crippen LogP contribution in [0.2, 0.25) is 0 Å². The average Bonchev–Trinajstić information content (AvgIpc) is 3.07. The monoisotopic (exact) mass is 298 g/mol. The Morgan fingerprint density at radius 1 is 1.45 bits per heavy atom. The fourth-order valence-electron chi connectivity index (χ4n) is 2.64. The fraction of sp³-hybridized carbons (Fsp3) is 0.333. The zero-order valence-corrected chi connectivity index (χ0v) is 11.5. The van der Waals surface area contributed by atoms with E-state index in [0.717, 1.165) is 0 Å². The van der Waals surface area contributed by atoms with Crippen LogP contribution in [0.4, 0.5) is 5.69 Å². The number of aliphatic hydroxyl groups excluding tert-OH is 2. The van der Waals surface area contributed by atoms with Crippen molar-refractivity contribution in [2.45, 2.75) is 17.9 Å². The van der Waals surface area contributed by atoms with E-state index in [4.69, 9.17) is 23.3 Å². The van der Waals surface area contributed by atoms with Crippen LogP contribution in [-0.4, -0.2) is 43.1 Å². The van der Waals surface area contributed by atoms with Crippen LogP contribution in [0.5, 0.6) is 0 Å². The first-order chi connectivity index (χ1) is 10.6. The van der Waals surface area contributed by atoms with Crippen molar-refractivity contribution in [1.82, 2.24) is 14.5 Å². The molecule has 22 heavy (non-hydrogen) atoms. The van der Waals surface area contributed by atoms with Crippen LogP contribution < -0.4 is 5.73 Å². The van der Waals surface area contributed by atoms with Crippen molar-refractivity contribution < 1.29 is 14.9 Å². The van der Waals surface area contributed by atoms with Crippen LogP contribution in [0.25, 0.3) is 11.2 Å². The first kappa shape index (κ1) is 14.4. The van der Waals surface area contributed by atoms with E-state index in [1.165, 1.54) is 12.5 Å². The molecule has 1 saturated heterocycles. The molecule has 112 valence electrons. The topological polar surface area (TPSA) is 106 Å². The zero-order chi connectivity index (χ0) is 15.9. The van der Waals surface area contributed by atoms with Crippen molar-refractivity contribution in [3.8, 4) is 24.7 Å². The Morgan fingerprint density at radius 3 is 2.86 bits per heavy atom. The third kappa shape index (κ3) is 1.78. The number of imidazole rings is 1. The summed E-state index contributed by atoms with van der Waals surface area (Å²) in [5.74, 6) is 4.00. The summed E-state index contributed by atoms with van der Waals surface area (Å²) in [7, 11) is 0. The number of hydrogen-bond acceptors (Lipinski definition) is 6. The first-order valence-corrected chi connectivity index (χ1v) is 6.55. The quantitative estimate of drug-likeness (QED) is 0.646. The van der Waals surface area contributed by atoms with Crippen molar-refractivity contribution >= 4 is 16.9 Å². The molecule has 1 fully saturated rings. The largest absolute Gasteiger partial charge is 0.397 e. The average molecular weight is 298 g/mol. The highest BCUT2D eigenvalue weighted by molar-refractivity contribution is 5.83. The molecule has 4 N–H and O–H groups in total. The standard InChI is InChI=1S/C15H14N4O3/c1-3-9-12(21)15(4-2,7-20)22-14(9)19-8-18-11-10(16)5-6-17-13(11)19/h1-2,5-6,8-9,12,14,20-21H,7H2,(H2,16,17)/t9-,12-,14+,15+/m0/s1. The van der Waals surface area contributed by atoms with Crippen molar-refractivity contribution in [3.05, 3.63) is 18.6 Å². The van der Waals surface area contributed by atoms with E-state index in [0.29, 0.717) is 16.9 Å². The Balaban J connectivity index is 2.13. The molecule has 0 radical (unpaired) electrons. The van der Waals surface area contributed by atoms with E-state index in [2.05, 4.69) is 21.8 Å². The number of nitrogens with zero attached hydrogens (tertiary/aromatic N) is 3. The van der Waals surface area contributed by atoms with E-state index in [1.54, 1.807) is 10.6 Å². The van der Waals surface area contributed by atoms with Gasteiger partial charge < -0.3 is 20.7 Å². The van der Waals surface area contributed by atoms with Gasteiger partial charge in [0, 0.05) is 6.20 Å². The predicted octanol–water partition coefficient (Wildman–Crippen LogP) is -0.483. The smallest absolute Gasteiger partial charge is 0.180 e. The minimum Gasteiger partial charge on any atom is -0.397 e.